The number of nitriles is 1. The van der Waals surface area contributed by atoms with E-state index in [0.29, 0.717) is 22.4 Å². The molecule has 0 heterocycles. The third-order valence-electron chi connectivity index (χ3n) is 3.11. The molecule has 118 valence electrons. The van der Waals surface area contributed by atoms with Gasteiger partial charge in [-0.2, -0.15) is 5.26 Å². The van der Waals surface area contributed by atoms with Gasteiger partial charge in [0.15, 0.2) is 0 Å². The van der Waals surface area contributed by atoms with E-state index < -0.39 is 11.6 Å². The molecule has 0 fully saturated rings. The molecule has 2 rings (SSSR count). The van der Waals surface area contributed by atoms with Crippen molar-refractivity contribution < 1.29 is 14.6 Å². The van der Waals surface area contributed by atoms with Crippen molar-refractivity contribution >= 4 is 11.7 Å². The molecule has 0 aliphatic rings. The fourth-order valence-corrected chi connectivity index (χ4v) is 2.08. The van der Waals surface area contributed by atoms with E-state index in [9.17, 15) is 9.90 Å². The van der Waals surface area contributed by atoms with Gasteiger partial charge in [-0.25, -0.2) is 4.79 Å². The van der Waals surface area contributed by atoms with Crippen molar-refractivity contribution in [3.8, 4) is 22.9 Å². The Labute approximate surface area is 134 Å². The van der Waals surface area contributed by atoms with Gasteiger partial charge < -0.3 is 15.6 Å². The highest BCUT2D eigenvalue weighted by Gasteiger charge is 2.18. The van der Waals surface area contributed by atoms with Crippen LogP contribution >= 0.6 is 0 Å². The van der Waals surface area contributed by atoms with Gasteiger partial charge >= 0.3 is 5.97 Å². The lowest BCUT2D eigenvalue weighted by molar-refractivity contribution is 0.00696. The molecule has 5 nitrogen and oxygen atoms in total. The molecule has 0 radical (unpaired) electrons. The van der Waals surface area contributed by atoms with Crippen LogP contribution in [-0.4, -0.2) is 16.7 Å². The molecular weight excluding hydrogens is 292 g/mol. The SMILES string of the molecule is CC(C)(C)OC(=O)c1ccc(-c2ccc(O)c(C#N)c2)c(N)c1. The molecule has 0 saturated carbocycles. The first kappa shape index (κ1) is 16.4. The summed E-state index contributed by atoms with van der Waals surface area (Å²) in [6.45, 7) is 5.38. The number of nitrogens with two attached hydrogens (primary N) is 1. The van der Waals surface area contributed by atoms with Crippen LogP contribution < -0.4 is 5.73 Å². The lowest BCUT2D eigenvalue weighted by Crippen LogP contribution is -2.23. The molecule has 0 aromatic heterocycles. The zero-order valence-corrected chi connectivity index (χ0v) is 13.3. The molecular formula is C18H18N2O3. The summed E-state index contributed by atoms with van der Waals surface area (Å²) in [5.74, 6) is -0.528. The van der Waals surface area contributed by atoms with Crippen molar-refractivity contribution in [1.29, 1.82) is 5.26 Å². The summed E-state index contributed by atoms with van der Waals surface area (Å²) >= 11 is 0. The average molecular weight is 310 g/mol. The van der Waals surface area contributed by atoms with Crippen molar-refractivity contribution in [2.75, 3.05) is 5.73 Å². The van der Waals surface area contributed by atoms with Gasteiger partial charge in [-0.15, -0.1) is 0 Å². The Morgan fingerprint density at radius 1 is 1.22 bits per heavy atom. The summed E-state index contributed by atoms with van der Waals surface area (Å²) in [7, 11) is 0. The third kappa shape index (κ3) is 3.80. The lowest BCUT2D eigenvalue weighted by atomic mass is 9.99. The van der Waals surface area contributed by atoms with Crippen LogP contribution in [0.1, 0.15) is 36.7 Å². The van der Waals surface area contributed by atoms with E-state index in [1.807, 2.05) is 6.07 Å². The number of carbonyl (C=O) groups is 1. The average Bonchev–Trinajstić information content (AvgIpc) is 2.46. The van der Waals surface area contributed by atoms with Crippen LogP contribution in [0.15, 0.2) is 36.4 Å². The lowest BCUT2D eigenvalue weighted by Gasteiger charge is -2.19. The van der Waals surface area contributed by atoms with Gasteiger partial charge in [0.25, 0.3) is 0 Å². The number of phenols is 1. The van der Waals surface area contributed by atoms with E-state index in [1.165, 1.54) is 6.07 Å². The Hall–Kier alpha value is -3.00. The number of anilines is 1. The van der Waals surface area contributed by atoms with Crippen LogP contribution in [0.25, 0.3) is 11.1 Å². The first-order chi connectivity index (χ1) is 10.7. The number of carbonyl (C=O) groups excluding carboxylic acids is 1. The zero-order valence-electron chi connectivity index (χ0n) is 13.3. The number of nitrogens with zero attached hydrogens (tertiary/aromatic N) is 1. The number of phenolic OH excluding ortho intramolecular Hbond substituents is 1. The Morgan fingerprint density at radius 3 is 2.48 bits per heavy atom. The molecule has 0 atom stereocenters. The van der Waals surface area contributed by atoms with E-state index in [1.54, 1.807) is 51.1 Å². The summed E-state index contributed by atoms with van der Waals surface area (Å²) < 4.78 is 5.31. The van der Waals surface area contributed by atoms with Crippen LogP contribution in [0, 0.1) is 11.3 Å². The number of ether oxygens (including phenoxy) is 1. The van der Waals surface area contributed by atoms with Gasteiger partial charge in [0.1, 0.15) is 17.4 Å². The number of nitrogen functional groups attached to an aromatic ring is 1. The van der Waals surface area contributed by atoms with E-state index in [2.05, 4.69) is 0 Å². The number of hydrogen-bond donors (Lipinski definition) is 2. The van der Waals surface area contributed by atoms with Gasteiger partial charge in [-0.3, -0.25) is 0 Å². The standard InChI is InChI=1S/C18H18N2O3/c1-18(2,3)23-17(22)12-4-6-14(15(20)9-12)11-5-7-16(21)13(8-11)10-19/h4-9,21H,20H2,1-3H3. The smallest absolute Gasteiger partial charge is 0.338 e. The van der Waals surface area contributed by atoms with Crippen LogP contribution in [0.4, 0.5) is 5.69 Å². The molecule has 0 aliphatic carbocycles. The minimum Gasteiger partial charge on any atom is -0.507 e. The topological polar surface area (TPSA) is 96.3 Å². The van der Waals surface area contributed by atoms with Gasteiger partial charge in [-0.1, -0.05) is 12.1 Å². The van der Waals surface area contributed by atoms with Crippen molar-refractivity contribution in [3.05, 3.63) is 47.5 Å². The molecule has 3 N–H and O–H groups in total. The molecule has 0 saturated heterocycles. The molecule has 2 aromatic rings. The minimum atomic E-state index is -0.580. The van der Waals surface area contributed by atoms with Crippen LogP contribution in [0.5, 0.6) is 5.75 Å². The van der Waals surface area contributed by atoms with E-state index in [4.69, 9.17) is 15.7 Å². The largest absolute Gasteiger partial charge is 0.507 e. The quantitative estimate of drug-likeness (QED) is 0.654. The predicted molar refractivity (Wildman–Crippen MR) is 87.8 cm³/mol. The van der Waals surface area contributed by atoms with Crippen molar-refractivity contribution in [1.82, 2.24) is 0 Å². The molecule has 0 unspecified atom stereocenters. The minimum absolute atomic E-state index is 0.0832. The van der Waals surface area contributed by atoms with Gasteiger partial charge in [-0.05, 0) is 50.6 Å². The molecule has 2 aromatic carbocycles. The maximum atomic E-state index is 12.1. The molecule has 23 heavy (non-hydrogen) atoms. The fourth-order valence-electron chi connectivity index (χ4n) is 2.08. The Kier molecular flexibility index (Phi) is 4.28. The Morgan fingerprint density at radius 2 is 1.91 bits per heavy atom. The highest BCUT2D eigenvalue weighted by Crippen LogP contribution is 2.30. The van der Waals surface area contributed by atoms with Gasteiger partial charge in [0.2, 0.25) is 0 Å². The molecule has 5 heteroatoms. The summed E-state index contributed by atoms with van der Waals surface area (Å²) in [5.41, 5.74) is 7.73. The van der Waals surface area contributed by atoms with Gasteiger partial charge in [0, 0.05) is 11.3 Å². The molecule has 0 amide bonds. The highest BCUT2D eigenvalue weighted by molar-refractivity contribution is 5.93. The highest BCUT2D eigenvalue weighted by atomic mass is 16.6. The summed E-state index contributed by atoms with van der Waals surface area (Å²) in [5, 5.41) is 18.5. The van der Waals surface area contributed by atoms with Gasteiger partial charge in [0.05, 0.1) is 11.1 Å². The number of hydrogen-bond acceptors (Lipinski definition) is 5. The summed E-state index contributed by atoms with van der Waals surface area (Å²) in [6, 6.07) is 11.4. The van der Waals surface area contributed by atoms with E-state index in [0.717, 1.165) is 0 Å². The summed E-state index contributed by atoms with van der Waals surface area (Å²) in [4.78, 5) is 12.1. The number of rotatable bonds is 2. The Bertz CT molecular complexity index is 799. The monoisotopic (exact) mass is 310 g/mol. The molecule has 0 spiro atoms. The maximum Gasteiger partial charge on any atom is 0.338 e. The number of benzene rings is 2. The first-order valence-corrected chi connectivity index (χ1v) is 7.07. The molecule has 0 bridgehead atoms. The van der Waals surface area contributed by atoms with Crippen molar-refractivity contribution in [2.45, 2.75) is 26.4 Å². The van der Waals surface area contributed by atoms with E-state index in [-0.39, 0.29) is 11.3 Å². The third-order valence-corrected chi connectivity index (χ3v) is 3.11. The van der Waals surface area contributed by atoms with Crippen LogP contribution in [-0.2, 0) is 4.74 Å². The second-order valence-corrected chi connectivity index (χ2v) is 6.15. The maximum absolute atomic E-state index is 12.1. The number of aromatic hydroxyl groups is 1. The first-order valence-electron chi connectivity index (χ1n) is 7.07. The Balaban J connectivity index is 2.37. The van der Waals surface area contributed by atoms with Crippen LogP contribution in [0.3, 0.4) is 0 Å². The fraction of sp³-hybridized carbons (Fsp3) is 0.222. The predicted octanol–water partition coefficient (Wildman–Crippen LogP) is 3.47. The van der Waals surface area contributed by atoms with Crippen molar-refractivity contribution in [3.63, 3.8) is 0 Å². The number of esters is 1. The normalized spacial score (nSPS) is 10.9. The second-order valence-electron chi connectivity index (χ2n) is 6.15. The summed E-state index contributed by atoms with van der Waals surface area (Å²) in [6.07, 6.45) is 0. The molecule has 0 aliphatic heterocycles. The van der Waals surface area contributed by atoms with E-state index >= 15 is 0 Å². The van der Waals surface area contributed by atoms with Crippen LogP contribution in [0.2, 0.25) is 0 Å². The second kappa shape index (κ2) is 6.01. The van der Waals surface area contributed by atoms with Crippen molar-refractivity contribution in [2.24, 2.45) is 0 Å². The zero-order chi connectivity index (χ0) is 17.2.